The predicted molar refractivity (Wildman–Crippen MR) is 69.5 cm³/mol. The van der Waals surface area contributed by atoms with Crippen molar-refractivity contribution in [2.24, 2.45) is 11.1 Å². The van der Waals surface area contributed by atoms with Gasteiger partial charge in [0.25, 0.3) is 0 Å². The molecule has 0 aromatic rings. The highest BCUT2D eigenvalue weighted by molar-refractivity contribution is 6.43. The Morgan fingerprint density at radius 2 is 2.00 bits per heavy atom. The Balaban J connectivity index is 2.06. The van der Waals surface area contributed by atoms with Gasteiger partial charge in [-0.1, -0.05) is 19.8 Å². The summed E-state index contributed by atoms with van der Waals surface area (Å²) in [4.78, 5) is 14.0. The molecule has 102 valence electrons. The van der Waals surface area contributed by atoms with E-state index in [1.54, 1.807) is 4.90 Å². The van der Waals surface area contributed by atoms with E-state index in [2.05, 4.69) is 6.92 Å². The molecule has 1 amide bonds. The second kappa shape index (κ2) is 5.19. The van der Waals surface area contributed by atoms with Crippen LogP contribution in [0.3, 0.4) is 0 Å². The third kappa shape index (κ3) is 2.42. The van der Waals surface area contributed by atoms with Crippen molar-refractivity contribution in [1.82, 2.24) is 4.90 Å². The Bertz CT molecular complexity index is 314. The summed E-state index contributed by atoms with van der Waals surface area (Å²) >= 11 is 0. The molecule has 1 unspecified atom stereocenters. The highest BCUT2D eigenvalue weighted by atomic mass is 16.4. The van der Waals surface area contributed by atoms with Crippen molar-refractivity contribution in [2.45, 2.75) is 57.4 Å². The number of nitrogens with zero attached hydrogens (tertiary/aromatic N) is 1. The van der Waals surface area contributed by atoms with Crippen LogP contribution in [0, 0.1) is 5.41 Å². The van der Waals surface area contributed by atoms with Crippen LogP contribution in [-0.4, -0.2) is 46.5 Å². The van der Waals surface area contributed by atoms with E-state index < -0.39 is 19.1 Å². The third-order valence-corrected chi connectivity index (χ3v) is 4.69. The maximum absolute atomic E-state index is 12.4. The van der Waals surface area contributed by atoms with E-state index in [4.69, 9.17) is 5.73 Å². The maximum Gasteiger partial charge on any atom is 0.475 e. The zero-order chi connectivity index (χ0) is 13.3. The average Bonchev–Trinajstić information content (AvgIpc) is 2.96. The Kier molecular flexibility index (Phi) is 3.99. The fraction of sp³-hybridized carbons (Fsp3) is 0.917. The van der Waals surface area contributed by atoms with Gasteiger partial charge in [0, 0.05) is 6.54 Å². The molecule has 0 aromatic heterocycles. The molecule has 6 heteroatoms. The number of rotatable bonds is 3. The number of nitrogens with two attached hydrogens (primary N) is 1. The Morgan fingerprint density at radius 3 is 2.56 bits per heavy atom. The summed E-state index contributed by atoms with van der Waals surface area (Å²) in [5.41, 5.74) is 6.02. The van der Waals surface area contributed by atoms with Gasteiger partial charge < -0.3 is 20.7 Å². The van der Waals surface area contributed by atoms with E-state index in [1.165, 1.54) is 0 Å². The number of hydrogen-bond donors (Lipinski definition) is 3. The van der Waals surface area contributed by atoms with Crippen molar-refractivity contribution in [2.75, 3.05) is 6.54 Å². The molecular weight excluding hydrogens is 231 g/mol. The summed E-state index contributed by atoms with van der Waals surface area (Å²) in [7, 11) is -1.46. The minimum Gasteiger partial charge on any atom is -0.426 e. The highest BCUT2D eigenvalue weighted by Gasteiger charge is 2.44. The summed E-state index contributed by atoms with van der Waals surface area (Å²) in [5, 5.41) is 18.6. The van der Waals surface area contributed by atoms with Gasteiger partial charge >= 0.3 is 7.12 Å². The predicted octanol–water partition coefficient (Wildman–Crippen LogP) is -0.103. The molecule has 2 fully saturated rings. The lowest BCUT2D eigenvalue weighted by Crippen LogP contribution is -2.55. The molecule has 1 aliphatic carbocycles. The van der Waals surface area contributed by atoms with Gasteiger partial charge in [0.15, 0.2) is 0 Å². The standard InChI is InChI=1S/C12H23BN2O3/c1-12(6-2-3-7-12)10(14)11(16)15-8-4-5-9(15)13(17)18/h9-10,17-18H,2-8,14H2,1H3/t9-,10?/m0/s1. The van der Waals surface area contributed by atoms with E-state index in [1.807, 2.05) is 0 Å². The molecule has 1 heterocycles. The number of carbonyl (C=O) groups is 1. The van der Waals surface area contributed by atoms with Gasteiger partial charge in [-0.15, -0.1) is 0 Å². The van der Waals surface area contributed by atoms with Crippen molar-refractivity contribution in [1.29, 1.82) is 0 Å². The second-order valence-corrected chi connectivity index (χ2v) is 5.99. The molecule has 2 rings (SSSR count). The lowest BCUT2D eigenvalue weighted by atomic mass is 9.76. The number of hydrogen-bond acceptors (Lipinski definition) is 4. The van der Waals surface area contributed by atoms with Crippen LogP contribution in [0.2, 0.25) is 0 Å². The van der Waals surface area contributed by atoms with Gasteiger partial charge in [0.05, 0.1) is 12.0 Å². The van der Waals surface area contributed by atoms with Crippen LogP contribution in [0.5, 0.6) is 0 Å². The highest BCUT2D eigenvalue weighted by Crippen LogP contribution is 2.40. The van der Waals surface area contributed by atoms with Crippen LogP contribution in [0.15, 0.2) is 0 Å². The summed E-state index contributed by atoms with van der Waals surface area (Å²) in [5.74, 6) is -0.594. The van der Waals surface area contributed by atoms with Crippen molar-refractivity contribution in [3.8, 4) is 0 Å². The average molecular weight is 254 g/mol. The molecule has 5 nitrogen and oxygen atoms in total. The van der Waals surface area contributed by atoms with Crippen molar-refractivity contribution >= 4 is 13.0 Å². The van der Waals surface area contributed by atoms with Gasteiger partial charge in [0.1, 0.15) is 0 Å². The van der Waals surface area contributed by atoms with Crippen LogP contribution >= 0.6 is 0 Å². The van der Waals surface area contributed by atoms with Gasteiger partial charge in [-0.3, -0.25) is 4.79 Å². The number of likely N-dealkylation sites (tertiary alicyclic amines) is 1. The fourth-order valence-corrected chi connectivity index (χ4v) is 3.35. The van der Waals surface area contributed by atoms with Gasteiger partial charge in [0.2, 0.25) is 5.91 Å². The Morgan fingerprint density at radius 1 is 1.39 bits per heavy atom. The van der Waals surface area contributed by atoms with Crippen molar-refractivity contribution in [3.05, 3.63) is 0 Å². The molecular formula is C12H23BN2O3. The lowest BCUT2D eigenvalue weighted by molar-refractivity contribution is -0.135. The van der Waals surface area contributed by atoms with E-state index in [0.717, 1.165) is 32.1 Å². The summed E-state index contributed by atoms with van der Waals surface area (Å²) in [6.07, 6.45) is 5.69. The van der Waals surface area contributed by atoms with Crippen LogP contribution in [0.4, 0.5) is 0 Å². The normalized spacial score (nSPS) is 28.4. The largest absolute Gasteiger partial charge is 0.475 e. The quantitative estimate of drug-likeness (QED) is 0.614. The van der Waals surface area contributed by atoms with Gasteiger partial charge in [-0.25, -0.2) is 0 Å². The van der Waals surface area contributed by atoms with Gasteiger partial charge in [-0.05, 0) is 31.1 Å². The topological polar surface area (TPSA) is 86.8 Å². The van der Waals surface area contributed by atoms with E-state index in [-0.39, 0.29) is 11.3 Å². The van der Waals surface area contributed by atoms with E-state index >= 15 is 0 Å². The summed E-state index contributed by atoms with van der Waals surface area (Å²) in [6.45, 7) is 2.66. The van der Waals surface area contributed by atoms with Crippen LogP contribution in [0.25, 0.3) is 0 Å². The SMILES string of the molecule is CC1(C(N)C(=O)N2CCC[C@H]2B(O)O)CCCC1. The second-order valence-electron chi connectivity index (χ2n) is 5.99. The van der Waals surface area contributed by atoms with E-state index in [0.29, 0.717) is 13.0 Å². The molecule has 1 saturated heterocycles. The molecule has 0 aromatic carbocycles. The third-order valence-electron chi connectivity index (χ3n) is 4.69. The van der Waals surface area contributed by atoms with Crippen LogP contribution in [-0.2, 0) is 4.79 Å². The van der Waals surface area contributed by atoms with Crippen molar-refractivity contribution in [3.63, 3.8) is 0 Å². The molecule has 1 saturated carbocycles. The molecule has 2 aliphatic rings. The van der Waals surface area contributed by atoms with Gasteiger partial charge in [-0.2, -0.15) is 0 Å². The zero-order valence-electron chi connectivity index (χ0n) is 11.0. The molecule has 18 heavy (non-hydrogen) atoms. The maximum atomic E-state index is 12.4. The monoisotopic (exact) mass is 254 g/mol. The zero-order valence-corrected chi connectivity index (χ0v) is 11.0. The summed E-state index contributed by atoms with van der Waals surface area (Å²) in [6, 6.07) is -0.514. The molecule has 0 radical (unpaired) electrons. The molecule has 0 spiro atoms. The molecule has 1 aliphatic heterocycles. The molecule has 0 bridgehead atoms. The number of amides is 1. The summed E-state index contributed by atoms with van der Waals surface area (Å²) < 4.78 is 0. The molecule has 2 atom stereocenters. The smallest absolute Gasteiger partial charge is 0.426 e. The Hall–Kier alpha value is -0.585. The first kappa shape index (κ1) is 13.8. The Labute approximate surface area is 108 Å². The van der Waals surface area contributed by atoms with Crippen molar-refractivity contribution < 1.29 is 14.8 Å². The van der Waals surface area contributed by atoms with E-state index in [9.17, 15) is 14.8 Å². The van der Waals surface area contributed by atoms with Crippen LogP contribution in [0.1, 0.15) is 45.4 Å². The first-order valence-corrected chi connectivity index (χ1v) is 6.88. The fourth-order valence-electron chi connectivity index (χ4n) is 3.35. The first-order chi connectivity index (χ1) is 8.46. The minimum absolute atomic E-state index is 0.116. The minimum atomic E-state index is -1.46. The number of carbonyl (C=O) groups excluding carboxylic acids is 1. The molecule has 4 N–H and O–H groups in total. The lowest BCUT2D eigenvalue weighted by Gasteiger charge is -2.35. The van der Waals surface area contributed by atoms with Crippen LogP contribution < -0.4 is 5.73 Å². The first-order valence-electron chi connectivity index (χ1n) is 6.88.